The van der Waals surface area contributed by atoms with Crippen molar-refractivity contribution in [3.63, 3.8) is 0 Å². The van der Waals surface area contributed by atoms with Gasteiger partial charge in [0.1, 0.15) is 0 Å². The summed E-state index contributed by atoms with van der Waals surface area (Å²) in [5, 5.41) is 0.0902. The van der Waals surface area contributed by atoms with Crippen molar-refractivity contribution in [1.29, 1.82) is 0 Å². The Hall–Kier alpha value is 0.300. The lowest BCUT2D eigenvalue weighted by atomic mass is 10.6. The third-order valence-corrected chi connectivity index (χ3v) is 7.90. The highest BCUT2D eigenvalue weighted by Crippen LogP contribution is 2.76. The standard InChI is InChI=1S/C11H25O6P2/c1-6-11(18(12,14-7-2)15-8-3)19(13,16-9-4)17-10-5/h6-10H2,1-5H3/q-1. The molecule has 8 heteroatoms. The molecule has 0 aliphatic heterocycles. The summed E-state index contributed by atoms with van der Waals surface area (Å²) in [4.78, 5) is 0. The van der Waals surface area contributed by atoms with Crippen LogP contribution in [0.3, 0.4) is 0 Å². The van der Waals surface area contributed by atoms with E-state index in [1.165, 1.54) is 0 Å². The fraction of sp³-hybridized carbons (Fsp3) is 0.909. The minimum Gasteiger partial charge on any atom is -0.331 e. The van der Waals surface area contributed by atoms with E-state index in [2.05, 4.69) is 0 Å². The third-order valence-electron chi connectivity index (χ3n) is 2.14. The van der Waals surface area contributed by atoms with Crippen molar-refractivity contribution in [2.75, 3.05) is 26.4 Å². The van der Waals surface area contributed by atoms with E-state index in [-0.39, 0.29) is 38.2 Å². The number of hydrogen-bond acceptors (Lipinski definition) is 6. The summed E-state index contributed by atoms with van der Waals surface area (Å²) < 4.78 is 46.4. The van der Waals surface area contributed by atoms with E-state index in [1.807, 2.05) is 0 Å². The number of hydrogen-bond donors (Lipinski definition) is 0. The van der Waals surface area contributed by atoms with Crippen LogP contribution in [-0.4, -0.2) is 26.4 Å². The first kappa shape index (κ1) is 19.3. The van der Waals surface area contributed by atoms with Gasteiger partial charge in [0.25, 0.3) is 0 Å². The zero-order chi connectivity index (χ0) is 14.9. The SMILES string of the molecule is CCOP(=O)(OCC)[C-](CC)P(=O)(OCC)OCC. The molecule has 0 aliphatic rings. The molecule has 0 aromatic carbocycles. The van der Waals surface area contributed by atoms with Crippen molar-refractivity contribution in [3.8, 4) is 0 Å². The predicted molar refractivity (Wildman–Crippen MR) is 75.3 cm³/mol. The van der Waals surface area contributed by atoms with Crippen molar-refractivity contribution < 1.29 is 27.2 Å². The average molecular weight is 315 g/mol. The average Bonchev–Trinajstić information content (AvgIpc) is 2.30. The van der Waals surface area contributed by atoms with Gasteiger partial charge in [0, 0.05) is 0 Å². The van der Waals surface area contributed by atoms with Crippen molar-refractivity contribution in [3.05, 3.63) is 5.40 Å². The molecule has 0 saturated heterocycles. The Morgan fingerprint density at radius 2 is 0.947 bits per heavy atom. The van der Waals surface area contributed by atoms with Gasteiger partial charge < -0.3 is 18.1 Å². The molecule has 116 valence electrons. The molecule has 0 aromatic rings. The molecule has 0 aromatic heterocycles. The summed E-state index contributed by atoms with van der Waals surface area (Å²) in [5.74, 6) is 0. The zero-order valence-electron chi connectivity index (χ0n) is 12.4. The van der Waals surface area contributed by atoms with E-state index in [1.54, 1.807) is 34.6 Å². The Kier molecular flexibility index (Phi) is 9.42. The van der Waals surface area contributed by atoms with E-state index >= 15 is 0 Å². The molecule has 0 N–H and O–H groups in total. The first-order valence-electron chi connectivity index (χ1n) is 6.59. The second-order valence-corrected chi connectivity index (χ2v) is 7.89. The molecular formula is C11H25O6P2-. The highest BCUT2D eigenvalue weighted by molar-refractivity contribution is 7.77. The maximum Gasteiger partial charge on any atom is 0.201 e. The number of rotatable bonds is 11. The van der Waals surface area contributed by atoms with Crippen LogP contribution in [0.2, 0.25) is 0 Å². The maximum atomic E-state index is 12.7. The summed E-state index contributed by atoms with van der Waals surface area (Å²) in [6, 6.07) is 0. The van der Waals surface area contributed by atoms with Gasteiger partial charge >= 0.3 is 0 Å². The molecule has 19 heavy (non-hydrogen) atoms. The molecule has 0 rings (SSSR count). The monoisotopic (exact) mass is 315 g/mol. The second kappa shape index (κ2) is 9.28. The van der Waals surface area contributed by atoms with Gasteiger partial charge in [0.15, 0.2) is 0 Å². The fourth-order valence-corrected chi connectivity index (χ4v) is 6.36. The lowest BCUT2D eigenvalue weighted by Gasteiger charge is -2.41. The Bertz CT molecular complexity index is 283. The summed E-state index contributed by atoms with van der Waals surface area (Å²) in [6.45, 7) is 9.30. The molecule has 0 bridgehead atoms. The van der Waals surface area contributed by atoms with Gasteiger partial charge in [0.2, 0.25) is 15.2 Å². The van der Waals surface area contributed by atoms with Crippen molar-refractivity contribution in [2.45, 2.75) is 41.0 Å². The van der Waals surface area contributed by atoms with Crippen LogP contribution in [0.1, 0.15) is 41.0 Å². The molecule has 0 saturated carbocycles. The van der Waals surface area contributed by atoms with Crippen LogP contribution in [0, 0.1) is 5.40 Å². The van der Waals surface area contributed by atoms with Crippen LogP contribution in [0.4, 0.5) is 0 Å². The molecule has 0 spiro atoms. The van der Waals surface area contributed by atoms with Crippen LogP contribution in [-0.2, 0) is 27.2 Å². The van der Waals surface area contributed by atoms with Gasteiger partial charge in [0.05, 0.1) is 26.4 Å². The van der Waals surface area contributed by atoms with E-state index < -0.39 is 15.2 Å². The minimum absolute atomic E-state index is 0.0902. The van der Waals surface area contributed by atoms with Crippen LogP contribution >= 0.6 is 15.2 Å². The van der Waals surface area contributed by atoms with Crippen molar-refractivity contribution in [2.24, 2.45) is 0 Å². The van der Waals surface area contributed by atoms with Crippen molar-refractivity contribution >= 4 is 15.2 Å². The molecule has 0 amide bonds. The summed E-state index contributed by atoms with van der Waals surface area (Å²) >= 11 is 0. The van der Waals surface area contributed by atoms with E-state index in [0.29, 0.717) is 0 Å². The van der Waals surface area contributed by atoms with Gasteiger partial charge in [-0.3, -0.25) is 9.13 Å². The maximum absolute atomic E-state index is 12.7. The van der Waals surface area contributed by atoms with Crippen LogP contribution < -0.4 is 0 Å². The Balaban J connectivity index is 5.41. The zero-order valence-corrected chi connectivity index (χ0v) is 14.2. The van der Waals surface area contributed by atoms with Gasteiger partial charge in [-0.2, -0.15) is 6.42 Å². The Morgan fingerprint density at radius 3 is 1.11 bits per heavy atom. The highest BCUT2D eigenvalue weighted by Gasteiger charge is 2.36. The normalized spacial score (nSPS) is 13.2. The smallest absolute Gasteiger partial charge is 0.201 e. The molecule has 6 nitrogen and oxygen atoms in total. The Labute approximate surface area is 116 Å². The van der Waals surface area contributed by atoms with Crippen LogP contribution in [0.25, 0.3) is 0 Å². The fourth-order valence-electron chi connectivity index (χ4n) is 1.59. The lowest BCUT2D eigenvalue weighted by Crippen LogP contribution is -2.10. The van der Waals surface area contributed by atoms with Gasteiger partial charge in [-0.05, 0) is 27.7 Å². The highest BCUT2D eigenvalue weighted by atomic mass is 31.2. The Morgan fingerprint density at radius 1 is 0.684 bits per heavy atom. The van der Waals surface area contributed by atoms with Gasteiger partial charge in [-0.15, -0.1) is 0 Å². The van der Waals surface area contributed by atoms with Gasteiger partial charge in [-0.25, -0.2) is 0 Å². The largest absolute Gasteiger partial charge is 0.331 e. The van der Waals surface area contributed by atoms with Crippen LogP contribution in [0.15, 0.2) is 0 Å². The summed E-state index contributed by atoms with van der Waals surface area (Å²) in [6.07, 6.45) is 0.245. The predicted octanol–water partition coefficient (Wildman–Crippen LogP) is 4.42. The molecule has 0 heterocycles. The van der Waals surface area contributed by atoms with Gasteiger partial charge in [-0.1, -0.05) is 12.3 Å². The van der Waals surface area contributed by atoms with E-state index in [4.69, 9.17) is 18.1 Å². The lowest BCUT2D eigenvalue weighted by molar-refractivity contribution is 0.205. The first-order chi connectivity index (χ1) is 8.94. The first-order valence-corrected chi connectivity index (χ1v) is 9.67. The minimum atomic E-state index is -3.61. The summed E-state index contributed by atoms with van der Waals surface area (Å²) in [7, 11) is -7.21. The molecule has 0 aliphatic carbocycles. The second-order valence-electron chi connectivity index (χ2n) is 3.44. The van der Waals surface area contributed by atoms with Crippen LogP contribution in [0.5, 0.6) is 0 Å². The molecular weight excluding hydrogens is 290 g/mol. The van der Waals surface area contributed by atoms with E-state index in [9.17, 15) is 9.13 Å². The molecule has 0 unspecified atom stereocenters. The topological polar surface area (TPSA) is 71.1 Å². The van der Waals surface area contributed by atoms with E-state index in [0.717, 1.165) is 0 Å². The quantitative estimate of drug-likeness (QED) is 0.415. The summed E-state index contributed by atoms with van der Waals surface area (Å²) in [5.41, 5.74) is 0. The molecule has 0 fully saturated rings. The van der Waals surface area contributed by atoms with Crippen molar-refractivity contribution in [1.82, 2.24) is 0 Å². The molecule has 0 radical (unpaired) electrons. The third kappa shape index (κ3) is 5.30. The molecule has 0 atom stereocenters.